The SMILES string of the molecule is C=C(C)C(=O)c1cc(C(=O)O)c(C)c(C(=O)O)c1. The van der Waals surface area contributed by atoms with Crippen LogP contribution in [0.15, 0.2) is 24.3 Å². The van der Waals surface area contributed by atoms with Crippen molar-refractivity contribution in [3.63, 3.8) is 0 Å². The van der Waals surface area contributed by atoms with Crippen molar-refractivity contribution in [2.75, 3.05) is 0 Å². The average Bonchev–Trinajstić information content (AvgIpc) is 2.27. The van der Waals surface area contributed by atoms with Gasteiger partial charge in [0.05, 0.1) is 11.1 Å². The Kier molecular flexibility index (Phi) is 3.66. The van der Waals surface area contributed by atoms with Crippen molar-refractivity contribution in [2.45, 2.75) is 13.8 Å². The van der Waals surface area contributed by atoms with E-state index in [1.54, 1.807) is 0 Å². The van der Waals surface area contributed by atoms with Crippen molar-refractivity contribution in [1.82, 2.24) is 0 Å². The minimum Gasteiger partial charge on any atom is -0.478 e. The lowest BCUT2D eigenvalue weighted by molar-refractivity contribution is 0.0696. The molecule has 0 spiro atoms. The van der Waals surface area contributed by atoms with Gasteiger partial charge in [-0.15, -0.1) is 0 Å². The van der Waals surface area contributed by atoms with Gasteiger partial charge in [0.25, 0.3) is 0 Å². The van der Waals surface area contributed by atoms with E-state index >= 15 is 0 Å². The summed E-state index contributed by atoms with van der Waals surface area (Å²) in [6.07, 6.45) is 0. The molecule has 0 aromatic heterocycles. The fourth-order valence-electron chi connectivity index (χ4n) is 1.54. The number of ketones is 1. The van der Waals surface area contributed by atoms with Crippen LogP contribution in [-0.2, 0) is 0 Å². The van der Waals surface area contributed by atoms with Crippen LogP contribution < -0.4 is 0 Å². The number of carbonyl (C=O) groups excluding carboxylic acids is 1. The fourth-order valence-corrected chi connectivity index (χ4v) is 1.54. The van der Waals surface area contributed by atoms with Gasteiger partial charge in [-0.2, -0.15) is 0 Å². The van der Waals surface area contributed by atoms with E-state index in [0.717, 1.165) is 0 Å². The zero-order valence-electron chi connectivity index (χ0n) is 9.98. The van der Waals surface area contributed by atoms with Gasteiger partial charge in [-0.05, 0) is 37.1 Å². The highest BCUT2D eigenvalue weighted by atomic mass is 16.4. The second kappa shape index (κ2) is 4.83. The summed E-state index contributed by atoms with van der Waals surface area (Å²) in [5.41, 5.74) is -0.0401. The van der Waals surface area contributed by atoms with Crippen LogP contribution in [0.2, 0.25) is 0 Å². The van der Waals surface area contributed by atoms with Crippen LogP contribution in [0.5, 0.6) is 0 Å². The first kappa shape index (κ1) is 13.6. The highest BCUT2D eigenvalue weighted by molar-refractivity contribution is 6.10. The van der Waals surface area contributed by atoms with E-state index in [9.17, 15) is 14.4 Å². The Morgan fingerprint density at radius 2 is 1.44 bits per heavy atom. The molecule has 0 aliphatic heterocycles. The molecular formula is C13H12O5. The van der Waals surface area contributed by atoms with Crippen LogP contribution >= 0.6 is 0 Å². The van der Waals surface area contributed by atoms with Gasteiger partial charge in [0.2, 0.25) is 0 Å². The van der Waals surface area contributed by atoms with Crippen molar-refractivity contribution in [3.8, 4) is 0 Å². The molecule has 0 fully saturated rings. The average molecular weight is 248 g/mol. The zero-order valence-corrected chi connectivity index (χ0v) is 9.98. The Bertz CT molecular complexity index is 534. The van der Waals surface area contributed by atoms with E-state index in [4.69, 9.17) is 10.2 Å². The molecule has 0 unspecified atom stereocenters. The summed E-state index contributed by atoms with van der Waals surface area (Å²) in [6, 6.07) is 2.34. The summed E-state index contributed by atoms with van der Waals surface area (Å²) in [6.45, 7) is 6.32. The minimum atomic E-state index is -1.27. The lowest BCUT2D eigenvalue weighted by Gasteiger charge is -2.08. The lowest BCUT2D eigenvalue weighted by atomic mass is 9.95. The minimum absolute atomic E-state index is 0.0166. The molecular weight excluding hydrogens is 236 g/mol. The van der Waals surface area contributed by atoms with Crippen LogP contribution in [0.1, 0.15) is 43.6 Å². The maximum atomic E-state index is 11.7. The summed E-state index contributed by atoms with van der Waals surface area (Å²) < 4.78 is 0. The predicted molar refractivity (Wildman–Crippen MR) is 64.2 cm³/mol. The molecule has 0 saturated carbocycles. The monoisotopic (exact) mass is 248 g/mol. The molecule has 0 amide bonds. The number of allylic oxidation sites excluding steroid dienone is 1. The number of carboxylic acids is 2. The van der Waals surface area contributed by atoms with Gasteiger partial charge in [-0.3, -0.25) is 4.79 Å². The molecule has 1 aromatic carbocycles. The maximum absolute atomic E-state index is 11.7. The first-order valence-corrected chi connectivity index (χ1v) is 5.07. The maximum Gasteiger partial charge on any atom is 0.336 e. The number of Topliss-reactive ketones (excluding diaryl/α,β-unsaturated/α-hetero) is 1. The topological polar surface area (TPSA) is 91.7 Å². The molecule has 1 rings (SSSR count). The summed E-state index contributed by atoms with van der Waals surface area (Å²) in [5.74, 6) is -3.02. The lowest BCUT2D eigenvalue weighted by Crippen LogP contribution is -2.11. The highest BCUT2D eigenvalue weighted by Gasteiger charge is 2.19. The first-order valence-electron chi connectivity index (χ1n) is 5.07. The highest BCUT2D eigenvalue weighted by Crippen LogP contribution is 2.19. The molecule has 0 radical (unpaired) electrons. The number of hydrogen-bond donors (Lipinski definition) is 2. The van der Waals surface area contributed by atoms with E-state index in [1.807, 2.05) is 0 Å². The van der Waals surface area contributed by atoms with Gasteiger partial charge in [0.15, 0.2) is 5.78 Å². The quantitative estimate of drug-likeness (QED) is 0.629. The van der Waals surface area contributed by atoms with E-state index in [1.165, 1.54) is 26.0 Å². The van der Waals surface area contributed by atoms with E-state index in [-0.39, 0.29) is 27.8 Å². The van der Waals surface area contributed by atoms with Gasteiger partial charge in [-0.1, -0.05) is 6.58 Å². The van der Waals surface area contributed by atoms with Crippen LogP contribution in [0.25, 0.3) is 0 Å². The zero-order chi connectivity index (χ0) is 14.0. The standard InChI is InChI=1S/C13H12O5/c1-6(2)11(14)8-4-9(12(15)16)7(3)10(5-8)13(17)18/h4-5H,1H2,2-3H3,(H,15,16)(H,17,18). The molecule has 5 heteroatoms. The number of carbonyl (C=O) groups is 3. The largest absolute Gasteiger partial charge is 0.478 e. The van der Waals surface area contributed by atoms with E-state index in [2.05, 4.69) is 6.58 Å². The van der Waals surface area contributed by atoms with Crippen molar-refractivity contribution < 1.29 is 24.6 Å². The first-order chi connectivity index (χ1) is 8.25. The van der Waals surface area contributed by atoms with E-state index in [0.29, 0.717) is 0 Å². The molecule has 0 atom stereocenters. The molecule has 0 bridgehead atoms. The van der Waals surface area contributed by atoms with E-state index < -0.39 is 17.7 Å². The molecule has 0 heterocycles. The Morgan fingerprint density at radius 3 is 1.72 bits per heavy atom. The molecule has 5 nitrogen and oxygen atoms in total. The molecule has 0 aliphatic carbocycles. The molecule has 94 valence electrons. The molecule has 0 aliphatic rings. The number of aromatic carboxylic acids is 2. The van der Waals surface area contributed by atoms with Crippen LogP contribution in [0.3, 0.4) is 0 Å². The second-order valence-electron chi connectivity index (χ2n) is 3.92. The van der Waals surface area contributed by atoms with Gasteiger partial charge in [-0.25, -0.2) is 9.59 Å². The number of benzene rings is 1. The molecule has 18 heavy (non-hydrogen) atoms. The number of rotatable bonds is 4. The Morgan fingerprint density at radius 1 is 1.06 bits per heavy atom. The van der Waals surface area contributed by atoms with Gasteiger partial charge >= 0.3 is 11.9 Å². The van der Waals surface area contributed by atoms with Crippen LogP contribution in [0, 0.1) is 6.92 Å². The Hall–Kier alpha value is -2.43. The third kappa shape index (κ3) is 2.45. The van der Waals surface area contributed by atoms with Crippen LogP contribution in [0.4, 0.5) is 0 Å². The molecule has 2 N–H and O–H groups in total. The smallest absolute Gasteiger partial charge is 0.336 e. The summed E-state index contributed by atoms with van der Waals surface area (Å²) in [5, 5.41) is 18.0. The fraction of sp³-hybridized carbons (Fsp3) is 0.154. The Balaban J connectivity index is 3.57. The normalized spacial score (nSPS) is 9.89. The van der Waals surface area contributed by atoms with Crippen molar-refractivity contribution in [2.24, 2.45) is 0 Å². The van der Waals surface area contributed by atoms with Crippen LogP contribution in [-0.4, -0.2) is 27.9 Å². The van der Waals surface area contributed by atoms with Gasteiger partial charge in [0, 0.05) is 5.56 Å². The molecule has 1 aromatic rings. The number of hydrogen-bond acceptors (Lipinski definition) is 3. The Labute approximate surface area is 103 Å². The van der Waals surface area contributed by atoms with Gasteiger partial charge < -0.3 is 10.2 Å². The van der Waals surface area contributed by atoms with Gasteiger partial charge in [0.1, 0.15) is 0 Å². The summed E-state index contributed by atoms with van der Waals surface area (Å²) in [4.78, 5) is 33.7. The molecule has 0 saturated heterocycles. The van der Waals surface area contributed by atoms with Crippen molar-refractivity contribution >= 4 is 17.7 Å². The second-order valence-corrected chi connectivity index (χ2v) is 3.92. The number of carboxylic acid groups (broad SMARTS) is 2. The third-order valence-electron chi connectivity index (χ3n) is 2.52. The summed E-state index contributed by atoms with van der Waals surface area (Å²) in [7, 11) is 0. The van der Waals surface area contributed by atoms with Crippen molar-refractivity contribution in [3.05, 3.63) is 46.5 Å². The predicted octanol–water partition coefficient (Wildman–Crippen LogP) is 2.15. The summed E-state index contributed by atoms with van der Waals surface area (Å²) >= 11 is 0. The van der Waals surface area contributed by atoms with Crippen molar-refractivity contribution in [1.29, 1.82) is 0 Å². The third-order valence-corrected chi connectivity index (χ3v) is 2.52.